The van der Waals surface area contributed by atoms with Crippen molar-refractivity contribution in [2.45, 2.75) is 38.5 Å². The predicted octanol–water partition coefficient (Wildman–Crippen LogP) is 1.85. The lowest BCUT2D eigenvalue weighted by molar-refractivity contribution is 0.130. The molecule has 1 saturated carbocycles. The van der Waals surface area contributed by atoms with Gasteiger partial charge in [0.2, 0.25) is 0 Å². The maximum Gasteiger partial charge on any atom is 0.0679 e. The lowest BCUT2D eigenvalue weighted by Gasteiger charge is -2.06. The van der Waals surface area contributed by atoms with Crippen molar-refractivity contribution >= 4 is 0 Å². The highest BCUT2D eigenvalue weighted by Crippen LogP contribution is 2.28. The van der Waals surface area contributed by atoms with Crippen molar-refractivity contribution < 1.29 is 4.84 Å². The quantitative estimate of drug-likeness (QED) is 0.481. The number of hydrogen-bond donors (Lipinski definition) is 1. The monoisotopic (exact) mass is 143 g/mol. The molecule has 2 nitrogen and oxygen atoms in total. The third-order valence-corrected chi connectivity index (χ3v) is 2.35. The molecule has 0 aliphatic heterocycles. The fourth-order valence-electron chi connectivity index (χ4n) is 1.75. The summed E-state index contributed by atoms with van der Waals surface area (Å²) in [6.45, 7) is 0.733. The van der Waals surface area contributed by atoms with Gasteiger partial charge in [-0.1, -0.05) is 25.7 Å². The second-order valence-corrected chi connectivity index (χ2v) is 3.16. The van der Waals surface area contributed by atoms with Gasteiger partial charge in [0, 0.05) is 0 Å². The predicted molar refractivity (Wildman–Crippen MR) is 41.3 cm³/mol. The first-order chi connectivity index (χ1) is 4.93. The van der Waals surface area contributed by atoms with E-state index < -0.39 is 0 Å². The van der Waals surface area contributed by atoms with Crippen LogP contribution in [0.25, 0.3) is 0 Å². The molecule has 60 valence electrons. The molecule has 0 aromatic carbocycles. The zero-order valence-corrected chi connectivity index (χ0v) is 6.51. The van der Waals surface area contributed by atoms with E-state index in [1.807, 2.05) is 0 Å². The van der Waals surface area contributed by atoms with Crippen LogP contribution in [0.1, 0.15) is 38.5 Å². The van der Waals surface area contributed by atoms with Crippen LogP contribution >= 0.6 is 0 Å². The summed E-state index contributed by atoms with van der Waals surface area (Å²) in [4.78, 5) is 4.50. The van der Waals surface area contributed by atoms with E-state index in [-0.39, 0.29) is 0 Å². The minimum absolute atomic E-state index is 0.733. The highest BCUT2D eigenvalue weighted by atomic mass is 16.6. The highest BCUT2D eigenvalue weighted by molar-refractivity contribution is 4.66. The van der Waals surface area contributed by atoms with E-state index in [1.165, 1.54) is 32.1 Å². The first kappa shape index (κ1) is 8.02. The molecular weight excluding hydrogens is 126 g/mol. The van der Waals surface area contributed by atoms with Crippen LogP contribution in [0.15, 0.2) is 0 Å². The highest BCUT2D eigenvalue weighted by Gasteiger charge is 2.13. The Morgan fingerprint density at radius 3 is 2.60 bits per heavy atom. The van der Waals surface area contributed by atoms with Gasteiger partial charge >= 0.3 is 0 Å². The second-order valence-electron chi connectivity index (χ2n) is 3.16. The fourth-order valence-corrected chi connectivity index (χ4v) is 1.75. The average Bonchev–Trinajstić information content (AvgIpc) is 2.41. The lowest BCUT2D eigenvalue weighted by Crippen LogP contribution is -2.03. The summed E-state index contributed by atoms with van der Waals surface area (Å²) in [6.07, 6.45) is 8.20. The van der Waals surface area contributed by atoms with Gasteiger partial charge in [-0.2, -0.15) is 0 Å². The first-order valence-corrected chi connectivity index (χ1v) is 4.25. The molecule has 1 aliphatic carbocycles. The van der Waals surface area contributed by atoms with E-state index in [1.54, 1.807) is 0 Å². The molecule has 1 rings (SSSR count). The molecule has 0 heterocycles. The van der Waals surface area contributed by atoms with Gasteiger partial charge in [-0.15, -0.1) is 0 Å². The molecule has 0 amide bonds. The third kappa shape index (κ3) is 2.67. The smallest absolute Gasteiger partial charge is 0.0679 e. The molecule has 1 fully saturated rings. The van der Waals surface area contributed by atoms with Crippen molar-refractivity contribution in [2.75, 3.05) is 6.61 Å². The average molecular weight is 143 g/mol. The van der Waals surface area contributed by atoms with Crippen LogP contribution in [0, 0.1) is 5.92 Å². The van der Waals surface area contributed by atoms with E-state index in [9.17, 15) is 0 Å². The van der Waals surface area contributed by atoms with Crippen LogP contribution in [0.2, 0.25) is 0 Å². The molecule has 1 aliphatic rings. The molecule has 0 unspecified atom stereocenters. The van der Waals surface area contributed by atoms with E-state index in [0.717, 1.165) is 18.9 Å². The Morgan fingerprint density at radius 1 is 1.30 bits per heavy atom. The maximum atomic E-state index is 4.91. The number of rotatable bonds is 4. The van der Waals surface area contributed by atoms with Crippen LogP contribution in [0.4, 0.5) is 0 Å². The van der Waals surface area contributed by atoms with E-state index in [4.69, 9.17) is 5.90 Å². The Kier molecular flexibility index (Phi) is 3.76. The van der Waals surface area contributed by atoms with Crippen molar-refractivity contribution in [3.05, 3.63) is 0 Å². The van der Waals surface area contributed by atoms with Gasteiger partial charge in [0.05, 0.1) is 6.61 Å². The van der Waals surface area contributed by atoms with Gasteiger partial charge in [0.25, 0.3) is 0 Å². The van der Waals surface area contributed by atoms with Crippen molar-refractivity contribution in [3.63, 3.8) is 0 Å². The minimum Gasteiger partial charge on any atom is -0.305 e. The van der Waals surface area contributed by atoms with Crippen LogP contribution in [-0.4, -0.2) is 6.61 Å². The van der Waals surface area contributed by atoms with E-state index in [0.29, 0.717) is 0 Å². The Balaban J connectivity index is 1.91. The summed E-state index contributed by atoms with van der Waals surface area (Å²) < 4.78 is 0. The Bertz CT molecular complexity index is 79.3. The van der Waals surface area contributed by atoms with Crippen molar-refractivity contribution in [1.82, 2.24) is 0 Å². The molecule has 0 bridgehead atoms. The van der Waals surface area contributed by atoms with Gasteiger partial charge in [0.1, 0.15) is 0 Å². The van der Waals surface area contributed by atoms with Crippen LogP contribution in [0.5, 0.6) is 0 Å². The molecule has 0 aromatic rings. The van der Waals surface area contributed by atoms with Crippen LogP contribution in [0.3, 0.4) is 0 Å². The van der Waals surface area contributed by atoms with Gasteiger partial charge in [-0.05, 0) is 18.8 Å². The van der Waals surface area contributed by atoms with Gasteiger partial charge in [-0.3, -0.25) is 0 Å². The Morgan fingerprint density at radius 2 is 2.00 bits per heavy atom. The molecule has 0 aromatic heterocycles. The molecule has 0 saturated heterocycles. The summed E-state index contributed by atoms with van der Waals surface area (Å²) in [6, 6.07) is 0. The molecule has 10 heavy (non-hydrogen) atoms. The zero-order chi connectivity index (χ0) is 7.23. The largest absolute Gasteiger partial charge is 0.305 e. The lowest BCUT2D eigenvalue weighted by atomic mass is 10.0. The summed E-state index contributed by atoms with van der Waals surface area (Å²) in [5.74, 6) is 5.89. The SMILES string of the molecule is NOCCCC1CCCC1. The normalized spacial score (nSPS) is 20.1. The summed E-state index contributed by atoms with van der Waals surface area (Å²) >= 11 is 0. The van der Waals surface area contributed by atoms with E-state index >= 15 is 0 Å². The molecule has 0 spiro atoms. The number of hydrogen-bond acceptors (Lipinski definition) is 2. The van der Waals surface area contributed by atoms with E-state index in [2.05, 4.69) is 4.84 Å². The van der Waals surface area contributed by atoms with Crippen molar-refractivity contribution in [2.24, 2.45) is 11.8 Å². The van der Waals surface area contributed by atoms with Gasteiger partial charge in [-0.25, -0.2) is 5.90 Å². The summed E-state index contributed by atoms with van der Waals surface area (Å²) in [5.41, 5.74) is 0. The molecule has 0 atom stereocenters. The summed E-state index contributed by atoms with van der Waals surface area (Å²) in [7, 11) is 0. The first-order valence-electron chi connectivity index (χ1n) is 4.25. The van der Waals surface area contributed by atoms with Gasteiger partial charge < -0.3 is 4.84 Å². The maximum absolute atomic E-state index is 4.91. The zero-order valence-electron chi connectivity index (χ0n) is 6.51. The number of nitrogens with two attached hydrogens (primary N) is 1. The standard InChI is InChI=1S/C8H17NO/c9-10-7-3-6-8-4-1-2-5-8/h8H,1-7,9H2. The minimum atomic E-state index is 0.733. The summed E-state index contributed by atoms with van der Waals surface area (Å²) in [5, 5.41) is 0. The van der Waals surface area contributed by atoms with Crippen molar-refractivity contribution in [3.8, 4) is 0 Å². The van der Waals surface area contributed by atoms with Gasteiger partial charge in [0.15, 0.2) is 0 Å². The Labute approximate surface area is 62.7 Å². The molecule has 2 N–H and O–H groups in total. The van der Waals surface area contributed by atoms with Crippen molar-refractivity contribution in [1.29, 1.82) is 0 Å². The second kappa shape index (κ2) is 4.69. The fraction of sp³-hybridized carbons (Fsp3) is 1.00. The van der Waals surface area contributed by atoms with Crippen LogP contribution < -0.4 is 5.90 Å². The molecular formula is C8H17NO. The molecule has 2 heteroatoms. The third-order valence-electron chi connectivity index (χ3n) is 2.35. The topological polar surface area (TPSA) is 35.2 Å². The Hall–Kier alpha value is -0.0800. The van der Waals surface area contributed by atoms with Crippen LogP contribution in [-0.2, 0) is 4.84 Å². The molecule has 0 radical (unpaired) electrons.